The van der Waals surface area contributed by atoms with Crippen LogP contribution in [0.1, 0.15) is 30.5 Å². The number of nitrogens with zero attached hydrogens (tertiary/aromatic N) is 4. The molecule has 1 unspecified atom stereocenters. The zero-order chi connectivity index (χ0) is 22.5. The first kappa shape index (κ1) is 21.4. The second kappa shape index (κ2) is 9.51. The number of benzene rings is 2. The number of hydrogen-bond acceptors (Lipinski definition) is 4. The maximum absolute atomic E-state index is 13.6. The molecule has 162 valence electrons. The number of carbonyl (C=O) groups is 1. The number of fused-ring (bicyclic) bond motifs is 1. The van der Waals surface area contributed by atoms with Crippen molar-refractivity contribution in [2.45, 2.75) is 25.9 Å². The van der Waals surface area contributed by atoms with Crippen molar-refractivity contribution in [1.82, 2.24) is 19.7 Å². The van der Waals surface area contributed by atoms with Gasteiger partial charge in [-0.25, -0.2) is 9.07 Å². The van der Waals surface area contributed by atoms with Gasteiger partial charge in [0.1, 0.15) is 12.4 Å². The quantitative estimate of drug-likeness (QED) is 0.445. The second-order valence-corrected chi connectivity index (χ2v) is 7.52. The number of carbonyl (C=O) groups excluding carboxylic acids is 1. The van der Waals surface area contributed by atoms with E-state index in [1.165, 1.54) is 16.8 Å². The van der Waals surface area contributed by atoms with Gasteiger partial charge in [0.25, 0.3) is 5.56 Å². The summed E-state index contributed by atoms with van der Waals surface area (Å²) in [5.41, 5.74) is 1.26. The Morgan fingerprint density at radius 1 is 1.03 bits per heavy atom. The zero-order valence-electron chi connectivity index (χ0n) is 17.7. The molecule has 2 aromatic carbocycles. The Balaban J connectivity index is 1.73. The first-order chi connectivity index (χ1) is 15.6. The minimum Gasteiger partial charge on any atom is -0.330 e. The summed E-state index contributed by atoms with van der Waals surface area (Å²) in [6.07, 6.45) is 5.66. The summed E-state index contributed by atoms with van der Waals surface area (Å²) < 4.78 is 14.8. The summed E-state index contributed by atoms with van der Waals surface area (Å²) in [6.45, 7) is 2.24. The largest absolute Gasteiger partial charge is 0.330 e. The van der Waals surface area contributed by atoms with Gasteiger partial charge >= 0.3 is 0 Å². The highest BCUT2D eigenvalue weighted by Crippen LogP contribution is 2.29. The van der Waals surface area contributed by atoms with E-state index in [2.05, 4.69) is 10.1 Å². The Morgan fingerprint density at radius 2 is 1.81 bits per heavy atom. The van der Waals surface area contributed by atoms with E-state index in [1.54, 1.807) is 53.8 Å². The van der Waals surface area contributed by atoms with Gasteiger partial charge in [0, 0.05) is 24.3 Å². The molecular weight excluding hydrogens is 407 g/mol. The van der Waals surface area contributed by atoms with Crippen LogP contribution < -0.4 is 5.56 Å². The lowest BCUT2D eigenvalue weighted by atomic mass is 9.98. The van der Waals surface area contributed by atoms with Crippen molar-refractivity contribution < 1.29 is 9.18 Å². The minimum absolute atomic E-state index is 0.193. The molecule has 0 saturated carbocycles. The van der Waals surface area contributed by atoms with Crippen molar-refractivity contribution in [1.29, 1.82) is 0 Å². The number of rotatable bonds is 7. The number of aromatic nitrogens is 3. The lowest BCUT2D eigenvalue weighted by Crippen LogP contribution is -2.40. The lowest BCUT2D eigenvalue weighted by Gasteiger charge is -2.32. The third-order valence-electron chi connectivity index (χ3n) is 5.33. The molecule has 2 heterocycles. The highest BCUT2D eigenvalue weighted by Gasteiger charge is 2.27. The predicted octanol–water partition coefficient (Wildman–Crippen LogP) is 3.96. The van der Waals surface area contributed by atoms with E-state index in [4.69, 9.17) is 0 Å². The SMILES string of the molecule is CCCN(C(=O)Cn1ncc2ccccc2c1=O)C(c1ccc(F)cc1)c1cccnc1. The highest BCUT2D eigenvalue weighted by atomic mass is 19.1. The van der Waals surface area contributed by atoms with Gasteiger partial charge in [-0.3, -0.25) is 14.6 Å². The van der Waals surface area contributed by atoms with E-state index >= 15 is 0 Å². The van der Waals surface area contributed by atoms with Crippen LogP contribution in [0.4, 0.5) is 4.39 Å². The molecule has 32 heavy (non-hydrogen) atoms. The van der Waals surface area contributed by atoms with Crippen LogP contribution in [0.2, 0.25) is 0 Å². The van der Waals surface area contributed by atoms with Gasteiger partial charge in [-0.2, -0.15) is 5.10 Å². The van der Waals surface area contributed by atoms with Crippen LogP contribution in [0.5, 0.6) is 0 Å². The van der Waals surface area contributed by atoms with Crippen LogP contribution in [0.25, 0.3) is 10.8 Å². The van der Waals surface area contributed by atoms with Crippen molar-refractivity contribution in [3.05, 3.63) is 107 Å². The van der Waals surface area contributed by atoms with Crippen LogP contribution in [0.3, 0.4) is 0 Å². The highest BCUT2D eigenvalue weighted by molar-refractivity contribution is 5.81. The molecule has 6 nitrogen and oxygen atoms in total. The van der Waals surface area contributed by atoms with Gasteiger partial charge in [-0.05, 0) is 41.8 Å². The Bertz CT molecular complexity index is 1270. The topological polar surface area (TPSA) is 68.1 Å². The van der Waals surface area contributed by atoms with Crippen molar-refractivity contribution in [3.8, 4) is 0 Å². The smallest absolute Gasteiger partial charge is 0.275 e. The monoisotopic (exact) mass is 430 g/mol. The molecule has 0 bridgehead atoms. The fourth-order valence-electron chi connectivity index (χ4n) is 3.83. The first-order valence-electron chi connectivity index (χ1n) is 10.5. The first-order valence-corrected chi connectivity index (χ1v) is 10.5. The molecule has 0 saturated heterocycles. The number of amides is 1. The Labute approximate surface area is 185 Å². The molecule has 0 aliphatic heterocycles. The van der Waals surface area contributed by atoms with E-state index in [0.717, 1.165) is 16.5 Å². The van der Waals surface area contributed by atoms with Crippen molar-refractivity contribution in [3.63, 3.8) is 0 Å². The van der Waals surface area contributed by atoms with Gasteiger partial charge in [-0.1, -0.05) is 43.3 Å². The van der Waals surface area contributed by atoms with E-state index < -0.39 is 6.04 Å². The maximum atomic E-state index is 13.6. The summed E-state index contributed by atoms with van der Waals surface area (Å²) in [6, 6.07) is 16.5. The molecule has 4 rings (SSSR count). The van der Waals surface area contributed by atoms with Crippen LogP contribution in [0, 0.1) is 5.82 Å². The fourth-order valence-corrected chi connectivity index (χ4v) is 3.83. The van der Waals surface area contributed by atoms with E-state index in [9.17, 15) is 14.0 Å². The third-order valence-corrected chi connectivity index (χ3v) is 5.33. The summed E-state index contributed by atoms with van der Waals surface area (Å²) >= 11 is 0. The lowest BCUT2D eigenvalue weighted by molar-refractivity contribution is -0.133. The van der Waals surface area contributed by atoms with Crippen LogP contribution >= 0.6 is 0 Å². The molecule has 0 aliphatic rings. The number of halogens is 1. The van der Waals surface area contributed by atoms with Gasteiger partial charge in [0.2, 0.25) is 5.91 Å². The van der Waals surface area contributed by atoms with Crippen molar-refractivity contribution in [2.24, 2.45) is 0 Å². The fraction of sp³-hybridized carbons (Fsp3) is 0.200. The second-order valence-electron chi connectivity index (χ2n) is 7.52. The van der Waals surface area contributed by atoms with Gasteiger partial charge < -0.3 is 4.90 Å². The molecule has 4 aromatic rings. The van der Waals surface area contributed by atoms with Crippen molar-refractivity contribution in [2.75, 3.05) is 6.54 Å². The zero-order valence-corrected chi connectivity index (χ0v) is 17.7. The summed E-state index contributed by atoms with van der Waals surface area (Å²) in [4.78, 5) is 32.3. The molecular formula is C25H23FN4O2. The number of hydrogen-bond donors (Lipinski definition) is 0. The standard InChI is InChI=1S/C25H23FN4O2/c1-2-14-29(23(31)17-30-25(32)22-8-4-3-6-19(22)16-28-30)24(20-7-5-13-27-15-20)18-9-11-21(26)12-10-18/h3-13,15-16,24H,2,14,17H2,1H3. The molecule has 1 atom stereocenters. The molecule has 1 amide bonds. The molecule has 7 heteroatoms. The summed E-state index contributed by atoms with van der Waals surface area (Å²) in [5, 5.41) is 5.44. The van der Waals surface area contributed by atoms with Crippen LogP contribution in [-0.4, -0.2) is 32.1 Å². The average Bonchev–Trinajstić information content (AvgIpc) is 2.82. The molecule has 0 spiro atoms. The Morgan fingerprint density at radius 3 is 2.53 bits per heavy atom. The van der Waals surface area contributed by atoms with Crippen molar-refractivity contribution >= 4 is 16.7 Å². The van der Waals surface area contributed by atoms with Crippen LogP contribution in [-0.2, 0) is 11.3 Å². The van der Waals surface area contributed by atoms with Gasteiger partial charge in [0.15, 0.2) is 0 Å². The number of pyridine rings is 1. The molecule has 0 radical (unpaired) electrons. The van der Waals surface area contributed by atoms with E-state index in [0.29, 0.717) is 18.4 Å². The molecule has 0 aliphatic carbocycles. The minimum atomic E-state index is -0.465. The van der Waals surface area contributed by atoms with E-state index in [-0.39, 0.29) is 23.8 Å². The summed E-state index contributed by atoms with van der Waals surface area (Å²) in [7, 11) is 0. The van der Waals surface area contributed by atoms with Gasteiger partial charge in [0.05, 0.1) is 17.6 Å². The molecule has 2 aromatic heterocycles. The van der Waals surface area contributed by atoms with E-state index in [1.807, 2.05) is 25.1 Å². The third kappa shape index (κ3) is 4.42. The summed E-state index contributed by atoms with van der Waals surface area (Å²) in [5.74, 6) is -0.603. The molecule has 0 fully saturated rings. The Kier molecular flexibility index (Phi) is 6.35. The van der Waals surface area contributed by atoms with Crippen LogP contribution in [0.15, 0.2) is 84.0 Å². The molecule has 0 N–H and O–H groups in total. The average molecular weight is 430 g/mol. The van der Waals surface area contributed by atoms with Gasteiger partial charge in [-0.15, -0.1) is 0 Å². The Hall–Kier alpha value is -3.87. The predicted molar refractivity (Wildman–Crippen MR) is 120 cm³/mol. The maximum Gasteiger partial charge on any atom is 0.275 e. The normalized spacial score (nSPS) is 11.9.